The van der Waals surface area contributed by atoms with Crippen molar-refractivity contribution in [2.75, 3.05) is 6.54 Å². The third-order valence-corrected chi connectivity index (χ3v) is 3.10. The van der Waals surface area contributed by atoms with Crippen LogP contribution >= 0.6 is 0 Å². The second kappa shape index (κ2) is 6.33. The summed E-state index contributed by atoms with van der Waals surface area (Å²) in [4.78, 5) is 11.6. The summed E-state index contributed by atoms with van der Waals surface area (Å²) < 4.78 is 38.2. The number of nitrogens with one attached hydrogen (secondary N) is 1. The van der Waals surface area contributed by atoms with Gasteiger partial charge >= 0.3 is 6.18 Å². The van der Waals surface area contributed by atoms with E-state index in [1.165, 1.54) is 12.1 Å². The van der Waals surface area contributed by atoms with Gasteiger partial charge in [0, 0.05) is 18.0 Å². The molecule has 0 aliphatic rings. The number of allylic oxidation sites excluding steroid dienone is 1. The molecule has 0 aromatic heterocycles. The highest BCUT2D eigenvalue weighted by Gasteiger charge is 2.32. The molecule has 0 heterocycles. The molecule has 0 spiro atoms. The maximum absolute atomic E-state index is 12.7. The van der Waals surface area contributed by atoms with E-state index >= 15 is 0 Å². The van der Waals surface area contributed by atoms with E-state index < -0.39 is 17.2 Å². The molecule has 1 aromatic rings. The van der Waals surface area contributed by atoms with Crippen molar-refractivity contribution in [1.29, 1.82) is 0 Å². The van der Waals surface area contributed by atoms with Crippen LogP contribution < -0.4 is 5.32 Å². The van der Waals surface area contributed by atoms with Crippen LogP contribution in [0.25, 0.3) is 0 Å². The third kappa shape index (κ3) is 5.25. The Labute approximate surface area is 123 Å². The van der Waals surface area contributed by atoms with Crippen LogP contribution in [0.3, 0.4) is 0 Å². The number of carbonyl (C=O) groups is 1. The topological polar surface area (TPSA) is 29.1 Å². The predicted molar refractivity (Wildman–Crippen MR) is 76.9 cm³/mol. The number of benzene rings is 1. The van der Waals surface area contributed by atoms with Gasteiger partial charge in [-0.25, -0.2) is 0 Å². The van der Waals surface area contributed by atoms with Crippen molar-refractivity contribution in [1.82, 2.24) is 5.32 Å². The van der Waals surface area contributed by atoms with Crippen LogP contribution in [0.15, 0.2) is 35.9 Å². The van der Waals surface area contributed by atoms with Gasteiger partial charge in [0.05, 0.1) is 5.56 Å². The molecule has 0 saturated heterocycles. The predicted octanol–water partition coefficient (Wildman–Crippen LogP) is 4.07. The number of carbonyl (C=O) groups excluding carboxylic acids is 1. The van der Waals surface area contributed by atoms with E-state index in [0.717, 1.165) is 17.7 Å². The number of hydrogen-bond acceptors (Lipinski definition) is 1. The summed E-state index contributed by atoms with van der Waals surface area (Å²) in [5, 5.41) is 2.71. The zero-order valence-electron chi connectivity index (χ0n) is 12.6. The molecule has 1 amide bonds. The SMILES string of the molecule is CC(C)=CC(=O)NCC(C)(C)c1cccc(C(F)(F)F)c1. The molecule has 0 bridgehead atoms. The monoisotopic (exact) mass is 299 g/mol. The Morgan fingerprint density at radius 2 is 1.76 bits per heavy atom. The first-order valence-corrected chi connectivity index (χ1v) is 6.63. The standard InChI is InChI=1S/C16H20F3NO/c1-11(2)8-14(21)20-10-15(3,4)12-6-5-7-13(9-12)16(17,18)19/h5-9H,10H2,1-4H3,(H,20,21). The summed E-state index contributed by atoms with van der Waals surface area (Å²) in [6.07, 6.45) is -2.90. The van der Waals surface area contributed by atoms with E-state index in [0.29, 0.717) is 5.56 Å². The molecule has 5 heteroatoms. The molecule has 0 aliphatic heterocycles. The Balaban J connectivity index is 2.88. The van der Waals surface area contributed by atoms with Crippen molar-refractivity contribution in [3.63, 3.8) is 0 Å². The molecule has 0 unspecified atom stereocenters. The van der Waals surface area contributed by atoms with E-state index in [1.807, 2.05) is 0 Å². The van der Waals surface area contributed by atoms with Gasteiger partial charge in [0.2, 0.25) is 5.91 Å². The molecule has 1 N–H and O–H groups in total. The van der Waals surface area contributed by atoms with Gasteiger partial charge < -0.3 is 5.32 Å². The highest BCUT2D eigenvalue weighted by Crippen LogP contribution is 2.32. The second-order valence-electron chi connectivity index (χ2n) is 5.90. The smallest absolute Gasteiger partial charge is 0.352 e. The molecular formula is C16H20F3NO. The lowest BCUT2D eigenvalue weighted by molar-refractivity contribution is -0.137. The number of alkyl halides is 3. The molecule has 1 aromatic carbocycles. The molecule has 116 valence electrons. The minimum atomic E-state index is -4.36. The summed E-state index contributed by atoms with van der Waals surface area (Å²) >= 11 is 0. The summed E-state index contributed by atoms with van der Waals surface area (Å²) in [6.45, 7) is 7.46. The fraction of sp³-hybridized carbons (Fsp3) is 0.438. The molecule has 2 nitrogen and oxygen atoms in total. The lowest BCUT2D eigenvalue weighted by Crippen LogP contribution is -2.36. The van der Waals surface area contributed by atoms with E-state index in [9.17, 15) is 18.0 Å². The Kier molecular flexibility index (Phi) is 5.20. The first-order valence-electron chi connectivity index (χ1n) is 6.63. The molecule has 21 heavy (non-hydrogen) atoms. The van der Waals surface area contributed by atoms with Crippen LogP contribution in [0.1, 0.15) is 38.8 Å². The fourth-order valence-corrected chi connectivity index (χ4v) is 1.84. The zero-order valence-corrected chi connectivity index (χ0v) is 12.6. The zero-order chi connectivity index (χ0) is 16.3. The van der Waals surface area contributed by atoms with Gasteiger partial charge in [-0.2, -0.15) is 13.2 Å². The van der Waals surface area contributed by atoms with Crippen LogP contribution in [0.4, 0.5) is 13.2 Å². The van der Waals surface area contributed by atoms with Gasteiger partial charge in [0.25, 0.3) is 0 Å². The molecule has 0 saturated carbocycles. The quantitative estimate of drug-likeness (QED) is 0.834. The van der Waals surface area contributed by atoms with Crippen molar-refractivity contribution < 1.29 is 18.0 Å². The molecule has 1 rings (SSSR count). The highest BCUT2D eigenvalue weighted by molar-refractivity contribution is 5.88. The van der Waals surface area contributed by atoms with E-state index in [4.69, 9.17) is 0 Å². The van der Waals surface area contributed by atoms with Gasteiger partial charge in [0.15, 0.2) is 0 Å². The molecule has 0 aliphatic carbocycles. The van der Waals surface area contributed by atoms with E-state index in [-0.39, 0.29) is 12.5 Å². The van der Waals surface area contributed by atoms with Crippen LogP contribution in [0.2, 0.25) is 0 Å². The van der Waals surface area contributed by atoms with Crippen LogP contribution in [0.5, 0.6) is 0 Å². The molecular weight excluding hydrogens is 279 g/mol. The summed E-state index contributed by atoms with van der Waals surface area (Å²) in [5.41, 5.74) is 0.134. The lowest BCUT2D eigenvalue weighted by atomic mass is 9.83. The molecule has 0 atom stereocenters. The fourth-order valence-electron chi connectivity index (χ4n) is 1.84. The highest BCUT2D eigenvalue weighted by atomic mass is 19.4. The molecule has 0 radical (unpaired) electrons. The van der Waals surface area contributed by atoms with E-state index in [2.05, 4.69) is 5.32 Å². The second-order valence-corrected chi connectivity index (χ2v) is 5.90. The van der Waals surface area contributed by atoms with Crippen molar-refractivity contribution >= 4 is 5.91 Å². The van der Waals surface area contributed by atoms with E-state index in [1.54, 1.807) is 33.8 Å². The van der Waals surface area contributed by atoms with Crippen LogP contribution in [-0.4, -0.2) is 12.5 Å². The number of rotatable bonds is 4. The van der Waals surface area contributed by atoms with Gasteiger partial charge in [-0.05, 0) is 25.5 Å². The van der Waals surface area contributed by atoms with Crippen molar-refractivity contribution in [2.45, 2.75) is 39.3 Å². The maximum Gasteiger partial charge on any atom is 0.416 e. The Bertz CT molecular complexity index is 541. The van der Waals surface area contributed by atoms with Gasteiger partial charge in [0.1, 0.15) is 0 Å². The number of amides is 1. The summed E-state index contributed by atoms with van der Waals surface area (Å²) in [5.74, 6) is -0.241. The van der Waals surface area contributed by atoms with Crippen molar-refractivity contribution in [3.05, 3.63) is 47.0 Å². The number of hydrogen-bond donors (Lipinski definition) is 1. The van der Waals surface area contributed by atoms with Crippen LogP contribution in [0, 0.1) is 0 Å². The average molecular weight is 299 g/mol. The summed E-state index contributed by atoms with van der Waals surface area (Å²) in [7, 11) is 0. The first kappa shape index (κ1) is 17.3. The number of halogens is 3. The average Bonchev–Trinajstić information content (AvgIpc) is 2.35. The minimum absolute atomic E-state index is 0.241. The van der Waals surface area contributed by atoms with Gasteiger partial charge in [-0.1, -0.05) is 37.6 Å². The van der Waals surface area contributed by atoms with Crippen molar-refractivity contribution in [2.24, 2.45) is 0 Å². The van der Waals surface area contributed by atoms with Crippen LogP contribution in [-0.2, 0) is 16.4 Å². The third-order valence-electron chi connectivity index (χ3n) is 3.10. The minimum Gasteiger partial charge on any atom is -0.352 e. The normalized spacial score (nSPS) is 12.0. The van der Waals surface area contributed by atoms with Gasteiger partial charge in [-0.3, -0.25) is 4.79 Å². The Morgan fingerprint density at radius 1 is 1.19 bits per heavy atom. The first-order chi connectivity index (χ1) is 9.52. The van der Waals surface area contributed by atoms with Gasteiger partial charge in [-0.15, -0.1) is 0 Å². The lowest BCUT2D eigenvalue weighted by Gasteiger charge is -2.26. The Hall–Kier alpha value is -1.78. The summed E-state index contributed by atoms with van der Waals surface area (Å²) in [6, 6.07) is 5.20. The maximum atomic E-state index is 12.7. The molecule has 0 fully saturated rings. The van der Waals surface area contributed by atoms with Crippen molar-refractivity contribution in [3.8, 4) is 0 Å². The Morgan fingerprint density at radius 3 is 2.29 bits per heavy atom. The largest absolute Gasteiger partial charge is 0.416 e.